The normalized spacial score (nSPS) is 11.6. The van der Waals surface area contributed by atoms with Gasteiger partial charge >= 0.3 is 0 Å². The van der Waals surface area contributed by atoms with Crippen LogP contribution in [0.5, 0.6) is 0 Å². The van der Waals surface area contributed by atoms with Gasteiger partial charge in [0.05, 0.1) is 0 Å². The van der Waals surface area contributed by atoms with Crippen molar-refractivity contribution in [3.05, 3.63) is 26.0 Å². The maximum Gasteiger partial charge on any atom is -0.0351 e. The molecule has 0 aromatic rings. The lowest BCUT2D eigenvalue weighted by molar-refractivity contribution is 0.526. The fourth-order valence-electron chi connectivity index (χ4n) is 3.44. The SMILES string of the molecule is [CH2]CC/C=C/CCCCCCCCCCCCCCCCCCC[CH2]. The molecule has 0 N–H and O–H groups in total. The van der Waals surface area contributed by atoms with E-state index in [0.29, 0.717) is 0 Å². The standard InChI is InChI=1S/C25H48/c1-3-5-7-9-11-13-15-17-19-21-23-25-24-22-20-18-16-14-12-10-8-6-4-2/h7,9H,1-6,8,10-25H2/b9-7+. The summed E-state index contributed by atoms with van der Waals surface area (Å²) in [6, 6.07) is 0. The van der Waals surface area contributed by atoms with Gasteiger partial charge in [-0.1, -0.05) is 135 Å². The van der Waals surface area contributed by atoms with Crippen LogP contribution in [0.15, 0.2) is 12.2 Å². The van der Waals surface area contributed by atoms with E-state index in [9.17, 15) is 0 Å². The average molecular weight is 349 g/mol. The van der Waals surface area contributed by atoms with Crippen molar-refractivity contribution in [1.29, 1.82) is 0 Å². The molecule has 148 valence electrons. The van der Waals surface area contributed by atoms with E-state index >= 15 is 0 Å². The van der Waals surface area contributed by atoms with Crippen molar-refractivity contribution in [3.63, 3.8) is 0 Å². The molecule has 2 radical (unpaired) electrons. The van der Waals surface area contributed by atoms with Gasteiger partial charge < -0.3 is 0 Å². The molecule has 0 aromatic heterocycles. The minimum absolute atomic E-state index is 1.04. The molecule has 0 fully saturated rings. The van der Waals surface area contributed by atoms with E-state index in [-0.39, 0.29) is 0 Å². The first kappa shape index (κ1) is 24.7. The molecular weight excluding hydrogens is 300 g/mol. The van der Waals surface area contributed by atoms with Gasteiger partial charge in [-0.25, -0.2) is 0 Å². The zero-order valence-corrected chi connectivity index (χ0v) is 17.4. The fraction of sp³-hybridized carbons (Fsp3) is 0.840. The summed E-state index contributed by atoms with van der Waals surface area (Å²) in [6.07, 6.45) is 33.7. The Balaban J connectivity index is 2.98. The van der Waals surface area contributed by atoms with Gasteiger partial charge in [0, 0.05) is 0 Å². The molecule has 0 aliphatic rings. The highest BCUT2D eigenvalue weighted by Gasteiger charge is 1.94. The third-order valence-corrected chi connectivity index (χ3v) is 5.16. The molecular formula is C25H48. The maximum atomic E-state index is 3.90. The molecule has 0 unspecified atom stereocenters. The summed E-state index contributed by atoms with van der Waals surface area (Å²) in [5, 5.41) is 0. The number of hydrogen-bond acceptors (Lipinski definition) is 0. The smallest absolute Gasteiger partial charge is 0.0351 e. The lowest BCUT2D eigenvalue weighted by Crippen LogP contribution is -1.84. The van der Waals surface area contributed by atoms with Gasteiger partial charge in [0.15, 0.2) is 0 Å². The summed E-state index contributed by atoms with van der Waals surface area (Å²) in [7, 11) is 0. The molecule has 25 heavy (non-hydrogen) atoms. The molecule has 0 heterocycles. The first-order chi connectivity index (χ1) is 12.4. The van der Waals surface area contributed by atoms with Crippen molar-refractivity contribution in [2.75, 3.05) is 0 Å². The summed E-state index contributed by atoms with van der Waals surface area (Å²) >= 11 is 0. The summed E-state index contributed by atoms with van der Waals surface area (Å²) in [6.45, 7) is 7.76. The van der Waals surface area contributed by atoms with Crippen molar-refractivity contribution in [2.45, 2.75) is 135 Å². The molecule has 0 saturated carbocycles. The topological polar surface area (TPSA) is 0 Å². The van der Waals surface area contributed by atoms with Crippen LogP contribution >= 0.6 is 0 Å². The van der Waals surface area contributed by atoms with E-state index in [1.165, 1.54) is 116 Å². The van der Waals surface area contributed by atoms with Crippen molar-refractivity contribution in [3.8, 4) is 0 Å². The Morgan fingerprint density at radius 1 is 0.320 bits per heavy atom. The van der Waals surface area contributed by atoms with E-state index < -0.39 is 0 Å². The lowest BCUT2D eigenvalue weighted by Gasteiger charge is -2.03. The van der Waals surface area contributed by atoms with Crippen LogP contribution in [-0.2, 0) is 0 Å². The van der Waals surface area contributed by atoms with Gasteiger partial charge in [0.25, 0.3) is 0 Å². The largest absolute Gasteiger partial charge is 0.0885 e. The average Bonchev–Trinajstić information content (AvgIpc) is 2.63. The zero-order valence-electron chi connectivity index (χ0n) is 17.4. The number of hydrogen-bond donors (Lipinski definition) is 0. The van der Waals surface area contributed by atoms with Crippen LogP contribution in [0.4, 0.5) is 0 Å². The quantitative estimate of drug-likeness (QED) is 0.143. The van der Waals surface area contributed by atoms with E-state index in [2.05, 4.69) is 26.0 Å². The third kappa shape index (κ3) is 23.7. The van der Waals surface area contributed by atoms with E-state index in [0.717, 1.165) is 19.3 Å². The second-order valence-corrected chi connectivity index (χ2v) is 7.77. The zero-order chi connectivity index (χ0) is 18.3. The fourth-order valence-corrected chi connectivity index (χ4v) is 3.44. The Morgan fingerprint density at radius 3 is 1.00 bits per heavy atom. The Morgan fingerprint density at radius 2 is 0.640 bits per heavy atom. The first-order valence-electron chi connectivity index (χ1n) is 11.6. The second-order valence-electron chi connectivity index (χ2n) is 7.77. The highest BCUT2D eigenvalue weighted by atomic mass is 14.0. The van der Waals surface area contributed by atoms with Crippen molar-refractivity contribution >= 4 is 0 Å². The Bertz CT molecular complexity index is 240. The highest BCUT2D eigenvalue weighted by Crippen LogP contribution is 2.14. The molecule has 0 spiro atoms. The van der Waals surface area contributed by atoms with E-state index in [1.807, 2.05) is 0 Å². The molecule has 0 aliphatic carbocycles. The van der Waals surface area contributed by atoms with Crippen LogP contribution in [-0.4, -0.2) is 0 Å². The third-order valence-electron chi connectivity index (χ3n) is 5.16. The van der Waals surface area contributed by atoms with E-state index in [4.69, 9.17) is 0 Å². The summed E-state index contributed by atoms with van der Waals surface area (Å²) < 4.78 is 0. The van der Waals surface area contributed by atoms with Crippen molar-refractivity contribution in [2.24, 2.45) is 0 Å². The predicted molar refractivity (Wildman–Crippen MR) is 117 cm³/mol. The van der Waals surface area contributed by atoms with Crippen molar-refractivity contribution in [1.82, 2.24) is 0 Å². The molecule has 0 aliphatic heterocycles. The molecule has 0 heteroatoms. The van der Waals surface area contributed by atoms with E-state index in [1.54, 1.807) is 0 Å². The molecule has 0 aromatic carbocycles. The Hall–Kier alpha value is -0.260. The minimum atomic E-state index is 1.04. The summed E-state index contributed by atoms with van der Waals surface area (Å²) in [4.78, 5) is 0. The van der Waals surface area contributed by atoms with Crippen LogP contribution in [0, 0.1) is 13.8 Å². The summed E-state index contributed by atoms with van der Waals surface area (Å²) in [5.41, 5.74) is 0. The molecule has 0 nitrogen and oxygen atoms in total. The van der Waals surface area contributed by atoms with Gasteiger partial charge in [0.1, 0.15) is 0 Å². The molecule has 0 bridgehead atoms. The highest BCUT2D eigenvalue weighted by molar-refractivity contribution is 4.81. The van der Waals surface area contributed by atoms with Crippen molar-refractivity contribution < 1.29 is 0 Å². The van der Waals surface area contributed by atoms with Gasteiger partial charge in [-0.05, 0) is 25.7 Å². The molecule has 0 amide bonds. The number of unbranched alkanes of at least 4 members (excludes halogenated alkanes) is 19. The summed E-state index contributed by atoms with van der Waals surface area (Å²) in [5.74, 6) is 0. The molecule has 0 rings (SSSR count). The van der Waals surface area contributed by atoms with Crippen LogP contribution < -0.4 is 0 Å². The molecule has 0 saturated heterocycles. The predicted octanol–water partition coefficient (Wildman–Crippen LogP) is 9.40. The second kappa shape index (κ2) is 23.7. The minimum Gasteiger partial charge on any atom is -0.0885 e. The van der Waals surface area contributed by atoms with Gasteiger partial charge in [-0.2, -0.15) is 0 Å². The number of allylic oxidation sites excluding steroid dienone is 2. The number of rotatable bonds is 21. The van der Waals surface area contributed by atoms with Gasteiger partial charge in [0.2, 0.25) is 0 Å². The van der Waals surface area contributed by atoms with Crippen LogP contribution in [0.1, 0.15) is 135 Å². The van der Waals surface area contributed by atoms with Gasteiger partial charge in [-0.3, -0.25) is 0 Å². The lowest BCUT2D eigenvalue weighted by atomic mass is 10.0. The molecule has 0 atom stereocenters. The maximum absolute atomic E-state index is 3.90. The Labute approximate surface area is 161 Å². The van der Waals surface area contributed by atoms with Gasteiger partial charge in [-0.15, -0.1) is 0 Å². The monoisotopic (exact) mass is 348 g/mol. The first-order valence-corrected chi connectivity index (χ1v) is 11.6. The Kier molecular flexibility index (Phi) is 23.5. The van der Waals surface area contributed by atoms with Crippen LogP contribution in [0.2, 0.25) is 0 Å². The van der Waals surface area contributed by atoms with Crippen LogP contribution in [0.25, 0.3) is 0 Å². The van der Waals surface area contributed by atoms with Crippen LogP contribution in [0.3, 0.4) is 0 Å².